The number of benzene rings is 3. The number of anilines is 1. The minimum absolute atomic E-state index is 0.0413. The van der Waals surface area contributed by atoms with Gasteiger partial charge < -0.3 is 9.64 Å². The fourth-order valence-electron chi connectivity index (χ4n) is 4.87. The Balaban J connectivity index is 1.43. The van der Waals surface area contributed by atoms with E-state index >= 15 is 0 Å². The highest BCUT2D eigenvalue weighted by Crippen LogP contribution is 2.31. The number of piperazine rings is 1. The zero-order chi connectivity index (χ0) is 24.2. The Labute approximate surface area is 206 Å². The molecule has 0 amide bonds. The van der Waals surface area contributed by atoms with Crippen molar-refractivity contribution in [2.75, 3.05) is 38.2 Å². The molecular weight excluding hydrogens is 436 g/mol. The maximum atomic E-state index is 5.41. The van der Waals surface area contributed by atoms with Crippen molar-refractivity contribution in [3.05, 3.63) is 101 Å². The molecule has 1 saturated heterocycles. The van der Waals surface area contributed by atoms with Crippen molar-refractivity contribution < 1.29 is 4.74 Å². The fourth-order valence-corrected chi connectivity index (χ4v) is 4.87. The van der Waals surface area contributed by atoms with Crippen molar-refractivity contribution >= 4 is 5.69 Å². The number of aryl methyl sites for hydroxylation is 2. The predicted octanol–water partition coefficient (Wildman–Crippen LogP) is 4.26. The van der Waals surface area contributed by atoms with Gasteiger partial charge in [0.05, 0.1) is 19.7 Å². The number of hydrogen-bond donors (Lipinski definition) is 0. The fraction of sp³-hybridized carbons (Fsp3) is 0.321. The molecule has 0 radical (unpaired) electrons. The molecule has 0 spiro atoms. The van der Waals surface area contributed by atoms with E-state index in [1.165, 1.54) is 22.4 Å². The Morgan fingerprint density at radius 1 is 0.886 bits per heavy atom. The molecule has 1 fully saturated rings. The molecule has 1 aliphatic rings. The van der Waals surface area contributed by atoms with Gasteiger partial charge in [0.15, 0.2) is 5.82 Å². The average Bonchev–Trinajstić information content (AvgIpc) is 3.34. The van der Waals surface area contributed by atoms with Gasteiger partial charge in [0.25, 0.3) is 0 Å². The van der Waals surface area contributed by atoms with Gasteiger partial charge in [-0.05, 0) is 64.7 Å². The summed E-state index contributed by atoms with van der Waals surface area (Å²) >= 11 is 0. The summed E-state index contributed by atoms with van der Waals surface area (Å²) in [5, 5.41) is 13.0. The van der Waals surface area contributed by atoms with E-state index in [1.54, 1.807) is 7.11 Å². The second-order valence-electron chi connectivity index (χ2n) is 9.17. The summed E-state index contributed by atoms with van der Waals surface area (Å²) in [6, 6.07) is 25.3. The smallest absolute Gasteiger partial charge is 0.173 e. The van der Waals surface area contributed by atoms with E-state index in [-0.39, 0.29) is 6.04 Å². The number of ether oxygens (including phenoxy) is 1. The first-order valence-corrected chi connectivity index (χ1v) is 12.1. The van der Waals surface area contributed by atoms with Gasteiger partial charge in [-0.2, -0.15) is 0 Å². The van der Waals surface area contributed by atoms with E-state index in [1.807, 2.05) is 35.0 Å². The maximum absolute atomic E-state index is 5.41. The first-order chi connectivity index (χ1) is 17.1. The molecule has 0 unspecified atom stereocenters. The van der Waals surface area contributed by atoms with Gasteiger partial charge >= 0.3 is 0 Å². The molecule has 7 nitrogen and oxygen atoms in total. The van der Waals surface area contributed by atoms with Crippen LogP contribution in [0.2, 0.25) is 0 Å². The summed E-state index contributed by atoms with van der Waals surface area (Å²) in [6.07, 6.45) is 0. The highest BCUT2D eigenvalue weighted by molar-refractivity contribution is 5.55. The van der Waals surface area contributed by atoms with Crippen molar-refractivity contribution in [3.8, 4) is 5.75 Å². The molecule has 0 saturated carbocycles. The number of nitrogens with zero attached hydrogens (tertiary/aromatic N) is 6. The van der Waals surface area contributed by atoms with Gasteiger partial charge in [0, 0.05) is 31.9 Å². The summed E-state index contributed by atoms with van der Waals surface area (Å²) < 4.78 is 7.34. The molecule has 0 aliphatic carbocycles. The zero-order valence-electron chi connectivity index (χ0n) is 20.6. The van der Waals surface area contributed by atoms with Gasteiger partial charge in [-0.1, -0.05) is 54.6 Å². The van der Waals surface area contributed by atoms with Crippen molar-refractivity contribution in [1.29, 1.82) is 0 Å². The first kappa shape index (κ1) is 23.1. The van der Waals surface area contributed by atoms with E-state index in [4.69, 9.17) is 4.74 Å². The molecular formula is C28H32N6O. The lowest BCUT2D eigenvalue weighted by Crippen LogP contribution is -2.48. The Morgan fingerprint density at radius 3 is 2.34 bits per heavy atom. The lowest BCUT2D eigenvalue weighted by atomic mass is 10.0. The van der Waals surface area contributed by atoms with E-state index in [9.17, 15) is 0 Å². The van der Waals surface area contributed by atoms with Gasteiger partial charge in [0.2, 0.25) is 0 Å². The van der Waals surface area contributed by atoms with Crippen LogP contribution in [0.1, 0.15) is 34.1 Å². The molecule has 5 rings (SSSR count). The topological polar surface area (TPSA) is 59.3 Å². The molecule has 3 aromatic carbocycles. The maximum Gasteiger partial charge on any atom is 0.173 e. The summed E-state index contributed by atoms with van der Waals surface area (Å²) in [7, 11) is 1.69. The molecule has 0 bridgehead atoms. The minimum Gasteiger partial charge on any atom is -0.497 e. The molecule has 180 valence electrons. The average molecular weight is 469 g/mol. The van der Waals surface area contributed by atoms with Crippen LogP contribution in [-0.2, 0) is 6.54 Å². The van der Waals surface area contributed by atoms with Crippen LogP contribution in [-0.4, -0.2) is 58.4 Å². The van der Waals surface area contributed by atoms with Gasteiger partial charge in [0.1, 0.15) is 5.75 Å². The van der Waals surface area contributed by atoms with Crippen molar-refractivity contribution in [2.24, 2.45) is 0 Å². The Bertz CT molecular complexity index is 1250. The van der Waals surface area contributed by atoms with Crippen LogP contribution >= 0.6 is 0 Å². The monoisotopic (exact) mass is 468 g/mol. The predicted molar refractivity (Wildman–Crippen MR) is 138 cm³/mol. The second kappa shape index (κ2) is 10.3. The van der Waals surface area contributed by atoms with Crippen molar-refractivity contribution in [2.45, 2.75) is 26.4 Å². The van der Waals surface area contributed by atoms with E-state index in [2.05, 4.69) is 81.6 Å². The zero-order valence-corrected chi connectivity index (χ0v) is 20.6. The molecule has 1 aliphatic heterocycles. The number of methoxy groups -OCH3 is 1. The van der Waals surface area contributed by atoms with Crippen LogP contribution in [0, 0.1) is 13.8 Å². The minimum atomic E-state index is -0.0413. The number of aromatic nitrogens is 4. The van der Waals surface area contributed by atoms with E-state index in [0.29, 0.717) is 6.54 Å². The summed E-state index contributed by atoms with van der Waals surface area (Å²) in [5.74, 6) is 1.70. The third-order valence-electron chi connectivity index (χ3n) is 6.80. The van der Waals surface area contributed by atoms with Crippen LogP contribution in [0.25, 0.3) is 0 Å². The Morgan fingerprint density at radius 2 is 1.63 bits per heavy atom. The Hall–Kier alpha value is -3.71. The summed E-state index contributed by atoms with van der Waals surface area (Å²) in [4.78, 5) is 4.99. The molecule has 2 heterocycles. The summed E-state index contributed by atoms with van der Waals surface area (Å²) in [5.41, 5.74) is 6.29. The van der Waals surface area contributed by atoms with E-state index in [0.717, 1.165) is 43.3 Å². The molecule has 35 heavy (non-hydrogen) atoms. The highest BCUT2D eigenvalue weighted by atomic mass is 16.5. The van der Waals surface area contributed by atoms with Gasteiger partial charge in [-0.25, -0.2) is 4.68 Å². The third-order valence-corrected chi connectivity index (χ3v) is 6.80. The van der Waals surface area contributed by atoms with Crippen LogP contribution < -0.4 is 9.64 Å². The van der Waals surface area contributed by atoms with Crippen LogP contribution in [0.3, 0.4) is 0 Å². The molecule has 7 heteroatoms. The Kier molecular flexibility index (Phi) is 6.77. The van der Waals surface area contributed by atoms with Crippen LogP contribution in [0.5, 0.6) is 5.75 Å². The van der Waals surface area contributed by atoms with Crippen LogP contribution in [0.15, 0.2) is 72.8 Å². The van der Waals surface area contributed by atoms with E-state index < -0.39 is 0 Å². The van der Waals surface area contributed by atoms with Crippen LogP contribution in [0.4, 0.5) is 5.69 Å². The molecule has 0 N–H and O–H groups in total. The molecule has 1 aromatic heterocycles. The number of hydrogen-bond acceptors (Lipinski definition) is 6. The van der Waals surface area contributed by atoms with Gasteiger partial charge in [-0.3, -0.25) is 4.90 Å². The molecule has 1 atom stereocenters. The normalized spacial score (nSPS) is 15.2. The highest BCUT2D eigenvalue weighted by Gasteiger charge is 2.31. The lowest BCUT2D eigenvalue weighted by molar-refractivity contribution is 0.201. The number of tetrazole rings is 1. The SMILES string of the molecule is COc1ccc([C@H](c2nnnn2Cc2ccccc2)N2CCN(c3cc(C)ccc3C)CC2)cc1. The standard InChI is InChI=1S/C28H32N6O/c1-21-9-10-22(2)26(19-21)32-15-17-33(18-16-32)27(24-11-13-25(35-3)14-12-24)28-29-30-31-34(28)20-23-7-5-4-6-8-23/h4-14,19,27H,15-18,20H2,1-3H3/t27-/m1/s1. The largest absolute Gasteiger partial charge is 0.497 e. The van der Waals surface area contributed by atoms with Crippen molar-refractivity contribution in [3.63, 3.8) is 0 Å². The molecule has 4 aromatic rings. The lowest BCUT2D eigenvalue weighted by Gasteiger charge is -2.40. The van der Waals surface area contributed by atoms with Crippen molar-refractivity contribution in [1.82, 2.24) is 25.1 Å². The number of rotatable bonds is 7. The second-order valence-corrected chi connectivity index (χ2v) is 9.17. The van der Waals surface area contributed by atoms with Gasteiger partial charge in [-0.15, -0.1) is 5.10 Å². The summed E-state index contributed by atoms with van der Waals surface area (Å²) in [6.45, 7) is 8.74. The third kappa shape index (κ3) is 5.05. The first-order valence-electron chi connectivity index (χ1n) is 12.1. The quantitative estimate of drug-likeness (QED) is 0.404.